The van der Waals surface area contributed by atoms with Crippen LogP contribution >= 0.6 is 0 Å². The molecule has 1 fully saturated rings. The maximum Gasteiger partial charge on any atom is 0.353 e. The second-order valence-corrected chi connectivity index (χ2v) is 8.23. The molecule has 0 aliphatic heterocycles. The summed E-state index contributed by atoms with van der Waals surface area (Å²) in [5.41, 5.74) is -0.0784. The molecule has 9 nitrogen and oxygen atoms in total. The molecule has 1 amide bonds. The molecule has 0 spiro atoms. The van der Waals surface area contributed by atoms with E-state index in [1.54, 1.807) is 18.2 Å². The Morgan fingerprint density at radius 2 is 2.03 bits per heavy atom. The molecule has 156 valence electrons. The number of nitriles is 1. The molecule has 30 heavy (non-hydrogen) atoms. The zero-order valence-corrected chi connectivity index (χ0v) is 17.1. The highest BCUT2D eigenvalue weighted by Gasteiger charge is 2.21. The summed E-state index contributed by atoms with van der Waals surface area (Å²) in [7, 11) is 0. The average molecular weight is 408 g/mol. The predicted molar refractivity (Wildman–Crippen MR) is 111 cm³/mol. The minimum Gasteiger partial charge on any atom is -0.349 e. The molecule has 1 N–H and O–H groups in total. The van der Waals surface area contributed by atoms with Gasteiger partial charge < -0.3 is 5.32 Å². The van der Waals surface area contributed by atoms with Crippen LogP contribution in [0.2, 0.25) is 0 Å². The van der Waals surface area contributed by atoms with Crippen LogP contribution in [0.4, 0.5) is 0 Å². The van der Waals surface area contributed by atoms with Crippen LogP contribution in [0.15, 0.2) is 27.8 Å². The van der Waals surface area contributed by atoms with Gasteiger partial charge in [0.1, 0.15) is 6.54 Å². The zero-order valence-electron chi connectivity index (χ0n) is 17.1. The van der Waals surface area contributed by atoms with Crippen LogP contribution in [0.25, 0.3) is 16.7 Å². The van der Waals surface area contributed by atoms with Gasteiger partial charge in [-0.2, -0.15) is 9.94 Å². The number of hydrogen-bond donors (Lipinski definition) is 1. The van der Waals surface area contributed by atoms with Gasteiger partial charge in [0.15, 0.2) is 0 Å². The fourth-order valence-corrected chi connectivity index (χ4v) is 4.10. The van der Waals surface area contributed by atoms with Crippen molar-refractivity contribution >= 4 is 22.6 Å². The lowest BCUT2D eigenvalue weighted by molar-refractivity contribution is 0.0938. The number of nitrogens with zero attached hydrogens (tertiary/aromatic N) is 5. The highest BCUT2D eigenvalue weighted by molar-refractivity contribution is 5.98. The number of rotatable bonds is 5. The molecule has 1 aliphatic carbocycles. The lowest BCUT2D eigenvalue weighted by Crippen LogP contribution is -2.33. The SMILES string of the molecule is CC(C)Cn1c(=O)c2ccc(C(=O)NC3CCCC3)cc2n2c(=O)n(CC#N)nc12. The zero-order chi connectivity index (χ0) is 21.4. The first-order valence-electron chi connectivity index (χ1n) is 10.2. The van der Waals surface area contributed by atoms with Crippen molar-refractivity contribution in [3.8, 4) is 6.07 Å². The molecule has 0 saturated heterocycles. The van der Waals surface area contributed by atoms with Crippen molar-refractivity contribution in [2.24, 2.45) is 5.92 Å². The van der Waals surface area contributed by atoms with E-state index in [2.05, 4.69) is 10.4 Å². The van der Waals surface area contributed by atoms with Gasteiger partial charge in [-0.05, 0) is 37.0 Å². The Morgan fingerprint density at radius 1 is 1.30 bits per heavy atom. The van der Waals surface area contributed by atoms with Crippen molar-refractivity contribution < 1.29 is 4.79 Å². The van der Waals surface area contributed by atoms with E-state index in [1.165, 1.54) is 8.97 Å². The van der Waals surface area contributed by atoms with Gasteiger partial charge in [-0.25, -0.2) is 9.20 Å². The summed E-state index contributed by atoms with van der Waals surface area (Å²) >= 11 is 0. The van der Waals surface area contributed by atoms with E-state index in [9.17, 15) is 14.4 Å². The molecule has 3 aromatic rings. The summed E-state index contributed by atoms with van der Waals surface area (Å²) < 4.78 is 3.82. The van der Waals surface area contributed by atoms with Crippen molar-refractivity contribution in [1.82, 2.24) is 24.1 Å². The second-order valence-electron chi connectivity index (χ2n) is 8.23. The van der Waals surface area contributed by atoms with E-state index in [0.29, 0.717) is 23.0 Å². The van der Waals surface area contributed by atoms with Gasteiger partial charge in [0.2, 0.25) is 5.78 Å². The number of carbonyl (C=O) groups is 1. The van der Waals surface area contributed by atoms with Crippen LogP contribution < -0.4 is 16.6 Å². The lowest BCUT2D eigenvalue weighted by Gasteiger charge is -2.14. The summed E-state index contributed by atoms with van der Waals surface area (Å²) in [5, 5.41) is 16.6. The van der Waals surface area contributed by atoms with Gasteiger partial charge in [0, 0.05) is 18.2 Å². The molecule has 0 atom stereocenters. The standard InChI is InChI=1S/C21H24N6O3/c1-13(2)12-25-19(29)16-8-7-14(18(28)23-15-5-3-4-6-15)11-17(16)27-20(25)24-26(10-9-22)21(27)30/h7-8,11,13,15H,3-6,10,12H2,1-2H3,(H,23,28). The number of hydrogen-bond acceptors (Lipinski definition) is 5. The van der Waals surface area contributed by atoms with Crippen LogP contribution in [-0.4, -0.2) is 30.7 Å². The van der Waals surface area contributed by atoms with Crippen molar-refractivity contribution in [2.75, 3.05) is 0 Å². The van der Waals surface area contributed by atoms with Gasteiger partial charge >= 0.3 is 5.69 Å². The quantitative estimate of drug-likeness (QED) is 0.690. The molecule has 1 saturated carbocycles. The predicted octanol–water partition coefficient (Wildman–Crippen LogP) is 1.66. The first-order valence-corrected chi connectivity index (χ1v) is 10.2. The average Bonchev–Trinajstić information content (AvgIpc) is 3.33. The van der Waals surface area contributed by atoms with E-state index in [0.717, 1.165) is 30.4 Å². The molecule has 9 heteroatoms. The van der Waals surface area contributed by atoms with Gasteiger partial charge in [-0.3, -0.25) is 14.2 Å². The third-order valence-corrected chi connectivity index (χ3v) is 5.50. The number of amides is 1. The summed E-state index contributed by atoms with van der Waals surface area (Å²) in [6, 6.07) is 6.84. The third kappa shape index (κ3) is 3.38. The number of fused-ring (bicyclic) bond motifs is 3. The second kappa shape index (κ2) is 7.78. The molecule has 2 heterocycles. The van der Waals surface area contributed by atoms with Crippen molar-refractivity contribution in [3.63, 3.8) is 0 Å². The monoisotopic (exact) mass is 408 g/mol. The lowest BCUT2D eigenvalue weighted by atomic mass is 10.1. The maximum absolute atomic E-state index is 13.1. The largest absolute Gasteiger partial charge is 0.353 e. The molecule has 4 rings (SSSR count). The van der Waals surface area contributed by atoms with E-state index in [4.69, 9.17) is 5.26 Å². The van der Waals surface area contributed by atoms with Crippen LogP contribution in [0, 0.1) is 17.2 Å². The van der Waals surface area contributed by atoms with Gasteiger partial charge in [-0.1, -0.05) is 26.7 Å². The topological polar surface area (TPSA) is 114 Å². The molecule has 0 unspecified atom stereocenters. The molecule has 1 aromatic carbocycles. The molecular formula is C21H24N6O3. The van der Waals surface area contributed by atoms with Gasteiger partial charge in [0.25, 0.3) is 11.5 Å². The molecule has 0 radical (unpaired) electrons. The summed E-state index contributed by atoms with van der Waals surface area (Å²) in [6.07, 6.45) is 4.13. The summed E-state index contributed by atoms with van der Waals surface area (Å²) in [4.78, 5) is 38.8. The number of benzene rings is 1. The van der Waals surface area contributed by atoms with Crippen LogP contribution in [0.1, 0.15) is 49.9 Å². The van der Waals surface area contributed by atoms with Crippen LogP contribution in [-0.2, 0) is 13.1 Å². The minimum atomic E-state index is -0.512. The number of aromatic nitrogens is 4. The molecule has 0 bridgehead atoms. The Balaban J connectivity index is 1.93. The van der Waals surface area contributed by atoms with E-state index in [-0.39, 0.29) is 35.7 Å². The van der Waals surface area contributed by atoms with Crippen molar-refractivity contribution in [1.29, 1.82) is 5.26 Å². The van der Waals surface area contributed by atoms with Crippen LogP contribution in [0.5, 0.6) is 0 Å². The van der Waals surface area contributed by atoms with Gasteiger partial charge in [0.05, 0.1) is 17.0 Å². The Bertz CT molecular complexity index is 1280. The Labute approximate surface area is 172 Å². The number of carbonyl (C=O) groups excluding carboxylic acids is 1. The first-order chi connectivity index (χ1) is 14.4. The van der Waals surface area contributed by atoms with Crippen LogP contribution in [0.3, 0.4) is 0 Å². The highest BCUT2D eigenvalue weighted by atomic mass is 16.2. The molecule has 1 aliphatic rings. The smallest absolute Gasteiger partial charge is 0.349 e. The maximum atomic E-state index is 13.1. The molecule has 2 aromatic heterocycles. The first kappa shape index (κ1) is 19.9. The van der Waals surface area contributed by atoms with Crippen molar-refractivity contribution in [3.05, 3.63) is 44.6 Å². The Kier molecular flexibility index (Phi) is 5.16. The molecular weight excluding hydrogens is 384 g/mol. The van der Waals surface area contributed by atoms with E-state index in [1.807, 2.05) is 19.9 Å². The summed E-state index contributed by atoms with van der Waals surface area (Å²) in [6.45, 7) is 4.09. The highest BCUT2D eigenvalue weighted by Crippen LogP contribution is 2.19. The summed E-state index contributed by atoms with van der Waals surface area (Å²) in [5.74, 6) is 0.104. The minimum absolute atomic E-state index is 0.150. The van der Waals surface area contributed by atoms with E-state index >= 15 is 0 Å². The van der Waals surface area contributed by atoms with E-state index < -0.39 is 5.69 Å². The Hall–Kier alpha value is -3.41. The normalized spacial score (nSPS) is 14.6. The van der Waals surface area contributed by atoms with Gasteiger partial charge in [-0.15, -0.1) is 5.10 Å². The third-order valence-electron chi connectivity index (χ3n) is 5.50. The fourth-order valence-electron chi connectivity index (χ4n) is 4.10. The Morgan fingerprint density at radius 3 is 2.70 bits per heavy atom. The van der Waals surface area contributed by atoms with Crippen molar-refractivity contribution in [2.45, 2.75) is 58.7 Å². The fraction of sp³-hybridized carbons (Fsp3) is 0.476. The number of nitrogens with one attached hydrogen (secondary N) is 1.